The summed E-state index contributed by atoms with van der Waals surface area (Å²) in [4.78, 5) is 30.7. The number of piperidine rings is 1. The summed E-state index contributed by atoms with van der Waals surface area (Å²) < 4.78 is 64.2. The number of pyridine rings is 1. The molecule has 3 atom stereocenters. The number of alkyl halides is 1. The van der Waals surface area contributed by atoms with Crippen molar-refractivity contribution < 1.29 is 32.2 Å². The highest BCUT2D eigenvalue weighted by Gasteiger charge is 2.49. The van der Waals surface area contributed by atoms with Gasteiger partial charge in [-0.2, -0.15) is 9.97 Å². The van der Waals surface area contributed by atoms with Gasteiger partial charge in [-0.05, 0) is 73.2 Å². The molecule has 2 aromatic heterocycles. The Labute approximate surface area is 288 Å². The number of nitrogens with zero attached hydrogens (tertiary/aromatic N) is 5. The lowest BCUT2D eigenvalue weighted by Gasteiger charge is -2.40. The van der Waals surface area contributed by atoms with Crippen LogP contribution in [-0.4, -0.2) is 90.7 Å². The van der Waals surface area contributed by atoms with Crippen molar-refractivity contribution in [2.75, 3.05) is 58.1 Å². The zero-order valence-corrected chi connectivity index (χ0v) is 28.4. The van der Waals surface area contributed by atoms with Crippen LogP contribution in [0.3, 0.4) is 0 Å². The molecule has 0 saturated carbocycles. The van der Waals surface area contributed by atoms with Crippen molar-refractivity contribution in [1.29, 1.82) is 0 Å². The van der Waals surface area contributed by atoms with E-state index in [0.717, 1.165) is 32.2 Å². The quantitative estimate of drug-likeness (QED) is 0.221. The first kappa shape index (κ1) is 32.9. The monoisotopic (exact) mass is 690 g/mol. The number of rotatable bonds is 9. The van der Waals surface area contributed by atoms with Crippen molar-refractivity contribution in [2.24, 2.45) is 5.41 Å². The summed E-state index contributed by atoms with van der Waals surface area (Å²) in [5, 5.41) is 4.58. The fourth-order valence-corrected chi connectivity index (χ4v) is 8.82. The van der Waals surface area contributed by atoms with E-state index in [1.165, 1.54) is 13.2 Å². The van der Waals surface area contributed by atoms with Gasteiger partial charge in [-0.3, -0.25) is 14.7 Å². The van der Waals surface area contributed by atoms with Crippen LogP contribution >= 0.6 is 0 Å². The van der Waals surface area contributed by atoms with Crippen LogP contribution in [0, 0.1) is 17.0 Å². The smallest absolute Gasteiger partial charge is 0.319 e. The number of aryl methyl sites for hydroxylation is 1. The summed E-state index contributed by atoms with van der Waals surface area (Å²) in [6.45, 7) is 4.95. The summed E-state index contributed by atoms with van der Waals surface area (Å²) in [6.07, 6.45) is 5.27. The van der Waals surface area contributed by atoms with Crippen molar-refractivity contribution in [2.45, 2.75) is 63.6 Å². The van der Waals surface area contributed by atoms with E-state index < -0.39 is 23.3 Å². The van der Waals surface area contributed by atoms with E-state index in [-0.39, 0.29) is 41.9 Å². The molecular formula is C37H41F3N6O4. The maximum absolute atomic E-state index is 17.2. The van der Waals surface area contributed by atoms with Gasteiger partial charge < -0.3 is 24.4 Å². The summed E-state index contributed by atoms with van der Waals surface area (Å²) in [5.74, 6) is -0.189. The topological polar surface area (TPSA) is 102 Å². The van der Waals surface area contributed by atoms with Crippen molar-refractivity contribution in [1.82, 2.24) is 25.2 Å². The van der Waals surface area contributed by atoms with Gasteiger partial charge in [0, 0.05) is 63.3 Å². The molecule has 264 valence electrons. The molecule has 4 fully saturated rings. The first-order valence-electron chi connectivity index (χ1n) is 17.5. The van der Waals surface area contributed by atoms with E-state index in [9.17, 15) is 9.18 Å². The van der Waals surface area contributed by atoms with Crippen LogP contribution in [0.15, 0.2) is 30.5 Å². The van der Waals surface area contributed by atoms with E-state index in [1.54, 1.807) is 24.4 Å². The molecular weight excluding hydrogens is 649 g/mol. The molecule has 2 aromatic carbocycles. The molecule has 10 nitrogen and oxygen atoms in total. The number of aromatic nitrogens is 3. The molecule has 4 aromatic rings. The molecule has 50 heavy (non-hydrogen) atoms. The van der Waals surface area contributed by atoms with Crippen LogP contribution in [0.4, 0.5) is 19.0 Å². The van der Waals surface area contributed by atoms with Gasteiger partial charge in [0.15, 0.2) is 12.6 Å². The standard InChI is InChI=1S/C37H41F3N6O4/c1-3-25-28(39)7-6-22-12-24(50-21-48-2)13-26(30(22)25)32-31(40)33-27(16-41-32)34(45-10-4-8-36(19-45)15-29(47)42-18-36)44-35(43-33)49-20-37-9-5-11-46(37)17-23(38)14-37/h6-7,12-13,16,23H,3-5,8-11,14-15,17-21H2,1-2H3,(H,42,47)/t23-,36?,37+/m1/s1. The van der Waals surface area contributed by atoms with Gasteiger partial charge in [0.05, 0.1) is 10.9 Å². The third kappa shape index (κ3) is 5.68. The van der Waals surface area contributed by atoms with E-state index in [1.807, 2.05) is 6.92 Å². The number of hydrogen-bond donors (Lipinski definition) is 1. The third-order valence-corrected chi connectivity index (χ3v) is 11.1. The fourth-order valence-electron chi connectivity index (χ4n) is 8.82. The van der Waals surface area contributed by atoms with Gasteiger partial charge in [-0.15, -0.1) is 0 Å². The molecule has 1 N–H and O–H groups in total. The van der Waals surface area contributed by atoms with Crippen LogP contribution in [0.25, 0.3) is 32.9 Å². The van der Waals surface area contributed by atoms with Crippen LogP contribution in [-0.2, 0) is 16.0 Å². The molecule has 6 heterocycles. The van der Waals surface area contributed by atoms with Gasteiger partial charge in [0.1, 0.15) is 41.4 Å². The third-order valence-electron chi connectivity index (χ3n) is 11.1. The average molecular weight is 691 g/mol. The highest BCUT2D eigenvalue weighted by molar-refractivity contribution is 6.02. The lowest BCUT2D eigenvalue weighted by Crippen LogP contribution is -2.45. The number of methoxy groups -OCH3 is 1. The zero-order chi connectivity index (χ0) is 34.6. The number of amides is 1. The predicted octanol–water partition coefficient (Wildman–Crippen LogP) is 5.73. The van der Waals surface area contributed by atoms with E-state index in [4.69, 9.17) is 19.2 Å². The Balaban J connectivity index is 1.27. The van der Waals surface area contributed by atoms with E-state index in [0.29, 0.717) is 84.3 Å². The Bertz CT molecular complexity index is 1980. The number of ether oxygens (including phenoxy) is 3. The van der Waals surface area contributed by atoms with Crippen molar-refractivity contribution in [3.63, 3.8) is 0 Å². The fraction of sp³-hybridized carbons (Fsp3) is 0.514. The summed E-state index contributed by atoms with van der Waals surface area (Å²) in [6, 6.07) is 6.46. The number of anilines is 1. The molecule has 0 bridgehead atoms. The Morgan fingerprint density at radius 1 is 1.10 bits per heavy atom. The Kier molecular flexibility index (Phi) is 8.45. The first-order valence-corrected chi connectivity index (χ1v) is 17.5. The van der Waals surface area contributed by atoms with Gasteiger partial charge >= 0.3 is 6.01 Å². The number of carbonyl (C=O) groups excluding carboxylic acids is 1. The maximum atomic E-state index is 17.2. The highest BCUT2D eigenvalue weighted by atomic mass is 19.1. The van der Waals surface area contributed by atoms with Crippen LogP contribution < -0.4 is 19.7 Å². The molecule has 0 radical (unpaired) electrons. The molecule has 1 spiro atoms. The zero-order valence-electron chi connectivity index (χ0n) is 28.4. The molecule has 4 saturated heterocycles. The number of fused-ring (bicyclic) bond motifs is 3. The second-order valence-corrected chi connectivity index (χ2v) is 14.4. The second-order valence-electron chi connectivity index (χ2n) is 14.4. The minimum absolute atomic E-state index is 0.00495. The summed E-state index contributed by atoms with van der Waals surface area (Å²) in [5.41, 5.74) is 0.0824. The average Bonchev–Trinajstić information content (AvgIpc) is 3.77. The Hall–Kier alpha value is -4.23. The lowest BCUT2D eigenvalue weighted by atomic mass is 9.79. The van der Waals surface area contributed by atoms with E-state index >= 15 is 8.78 Å². The van der Waals surface area contributed by atoms with Gasteiger partial charge in [0.2, 0.25) is 5.91 Å². The predicted molar refractivity (Wildman–Crippen MR) is 182 cm³/mol. The normalized spacial score (nSPS) is 25.2. The van der Waals surface area contributed by atoms with Gasteiger partial charge in [-0.1, -0.05) is 13.0 Å². The number of benzene rings is 2. The van der Waals surface area contributed by atoms with Crippen molar-refractivity contribution in [3.8, 4) is 23.0 Å². The van der Waals surface area contributed by atoms with Gasteiger partial charge in [0.25, 0.3) is 0 Å². The largest absolute Gasteiger partial charge is 0.468 e. The molecule has 1 unspecified atom stereocenters. The molecule has 4 aliphatic rings. The number of carbonyl (C=O) groups is 1. The molecule has 1 amide bonds. The summed E-state index contributed by atoms with van der Waals surface area (Å²) >= 11 is 0. The van der Waals surface area contributed by atoms with Crippen LogP contribution in [0.5, 0.6) is 11.8 Å². The first-order chi connectivity index (χ1) is 24.2. The molecule has 0 aliphatic carbocycles. The Morgan fingerprint density at radius 3 is 2.76 bits per heavy atom. The second kappa shape index (κ2) is 12.8. The maximum Gasteiger partial charge on any atom is 0.319 e. The van der Waals surface area contributed by atoms with Crippen LogP contribution in [0.2, 0.25) is 0 Å². The number of hydrogen-bond acceptors (Lipinski definition) is 9. The molecule has 8 rings (SSSR count). The van der Waals surface area contributed by atoms with Gasteiger partial charge in [-0.25, -0.2) is 13.2 Å². The summed E-state index contributed by atoms with van der Waals surface area (Å²) in [7, 11) is 1.51. The van der Waals surface area contributed by atoms with E-state index in [2.05, 4.69) is 25.1 Å². The minimum atomic E-state index is -0.929. The number of nitrogens with one attached hydrogen (secondary N) is 1. The molecule has 4 aliphatic heterocycles. The number of halogens is 3. The Morgan fingerprint density at radius 2 is 1.96 bits per heavy atom. The highest BCUT2D eigenvalue weighted by Crippen LogP contribution is 2.43. The minimum Gasteiger partial charge on any atom is -0.468 e. The van der Waals surface area contributed by atoms with Crippen molar-refractivity contribution in [3.05, 3.63) is 47.7 Å². The molecule has 13 heteroatoms. The van der Waals surface area contributed by atoms with Crippen molar-refractivity contribution >= 4 is 33.4 Å². The lowest BCUT2D eigenvalue weighted by molar-refractivity contribution is -0.119. The SMILES string of the molecule is CCc1c(F)ccc2cc(OCOC)cc(-c3ncc4c(N5CCCC6(CNC(=O)C6)C5)nc(OC[C@@]56CCCN5C[C@H](F)C6)nc4c3F)c12. The van der Waals surface area contributed by atoms with Crippen LogP contribution in [0.1, 0.15) is 51.0 Å².